The van der Waals surface area contributed by atoms with Crippen molar-refractivity contribution in [3.8, 4) is 0 Å². The number of aromatic amines is 1. The van der Waals surface area contributed by atoms with Crippen LogP contribution in [-0.2, 0) is 0 Å². The van der Waals surface area contributed by atoms with Crippen molar-refractivity contribution in [1.82, 2.24) is 4.98 Å². The van der Waals surface area contributed by atoms with Crippen LogP contribution in [0.15, 0.2) is 218 Å². The minimum Gasteiger partial charge on any atom is -0.355 e. The molecule has 3 aliphatic rings. The number of nitrogens with zero attached hydrogens (tertiary/aromatic N) is 2. The molecule has 3 nitrogen and oxygen atoms in total. The summed E-state index contributed by atoms with van der Waals surface area (Å²) in [7, 11) is 0. The minimum atomic E-state index is 0.297. The highest BCUT2D eigenvalue weighted by molar-refractivity contribution is 6.07. The van der Waals surface area contributed by atoms with E-state index < -0.39 is 0 Å². The molecule has 0 radical (unpaired) electrons. The van der Waals surface area contributed by atoms with E-state index in [0.29, 0.717) is 17.9 Å². The van der Waals surface area contributed by atoms with E-state index in [-0.39, 0.29) is 0 Å². The molecule has 52 heavy (non-hydrogen) atoms. The van der Waals surface area contributed by atoms with Crippen molar-refractivity contribution < 1.29 is 0 Å². The Bertz CT molecular complexity index is 2300. The fourth-order valence-electron chi connectivity index (χ4n) is 7.83. The van der Waals surface area contributed by atoms with Gasteiger partial charge in [-0.1, -0.05) is 140 Å². The first-order chi connectivity index (χ1) is 25.7. The Morgan fingerprint density at radius 3 is 1.94 bits per heavy atom. The van der Waals surface area contributed by atoms with Gasteiger partial charge in [0.2, 0.25) is 0 Å². The van der Waals surface area contributed by atoms with E-state index in [4.69, 9.17) is 0 Å². The van der Waals surface area contributed by atoms with E-state index in [1.165, 1.54) is 61.3 Å². The quantitative estimate of drug-likeness (QED) is 0.170. The van der Waals surface area contributed by atoms with Crippen molar-refractivity contribution >= 4 is 38.9 Å². The molecule has 0 bridgehead atoms. The molecule has 0 spiro atoms. The summed E-state index contributed by atoms with van der Waals surface area (Å²) in [5, 5.41) is 2.61. The van der Waals surface area contributed by atoms with Crippen LogP contribution >= 0.6 is 0 Å². The smallest absolute Gasteiger partial charge is 0.0623 e. The fraction of sp³-hybridized carbons (Fsp3) is 0.102. The Balaban J connectivity index is 0.000000247. The van der Waals surface area contributed by atoms with Crippen LogP contribution in [0.2, 0.25) is 0 Å². The van der Waals surface area contributed by atoms with E-state index in [0.717, 1.165) is 6.42 Å². The number of allylic oxidation sites excluding steroid dienone is 9. The molecular weight excluding hydrogens is 631 g/mol. The van der Waals surface area contributed by atoms with Gasteiger partial charge in [-0.05, 0) is 84.7 Å². The van der Waals surface area contributed by atoms with Crippen LogP contribution in [0.3, 0.4) is 0 Å². The summed E-state index contributed by atoms with van der Waals surface area (Å²) in [6.45, 7) is 6.06. The van der Waals surface area contributed by atoms with Gasteiger partial charge in [-0.3, -0.25) is 0 Å². The van der Waals surface area contributed by atoms with Gasteiger partial charge in [-0.25, -0.2) is 0 Å². The summed E-state index contributed by atoms with van der Waals surface area (Å²) < 4.78 is 0. The van der Waals surface area contributed by atoms with Gasteiger partial charge in [0.15, 0.2) is 0 Å². The molecule has 6 aromatic rings. The van der Waals surface area contributed by atoms with E-state index >= 15 is 0 Å². The van der Waals surface area contributed by atoms with Crippen molar-refractivity contribution in [2.45, 2.75) is 25.3 Å². The second-order valence-electron chi connectivity index (χ2n) is 13.5. The maximum absolute atomic E-state index is 3.77. The van der Waals surface area contributed by atoms with Crippen LogP contribution in [0.5, 0.6) is 0 Å². The average molecular weight is 674 g/mol. The zero-order valence-electron chi connectivity index (χ0n) is 29.5. The molecule has 1 N–H and O–H groups in total. The van der Waals surface area contributed by atoms with Gasteiger partial charge in [-0.2, -0.15) is 0 Å². The Morgan fingerprint density at radius 2 is 1.29 bits per heavy atom. The lowest BCUT2D eigenvalue weighted by Crippen LogP contribution is -2.29. The Morgan fingerprint density at radius 1 is 0.673 bits per heavy atom. The van der Waals surface area contributed by atoms with Crippen LogP contribution in [0.1, 0.15) is 24.8 Å². The van der Waals surface area contributed by atoms with Crippen LogP contribution in [0.4, 0.5) is 17.1 Å². The molecule has 2 heterocycles. The Hall–Kier alpha value is -6.32. The SMILES string of the molecule is C=C/C=C\C=C/N1c2ccccc2C2C=C(C3C=CC(N(c4ccccc4)c4ccccc4)=C(C)C3)C=CC21.c1ccc2c(c1)[nH]c1ccccc12. The van der Waals surface area contributed by atoms with Crippen LogP contribution in [0.25, 0.3) is 21.8 Å². The highest BCUT2D eigenvalue weighted by Gasteiger charge is 2.37. The summed E-state index contributed by atoms with van der Waals surface area (Å²) in [6, 6.07) is 47.2. The molecule has 1 aliphatic heterocycles. The maximum atomic E-state index is 3.77. The predicted molar refractivity (Wildman–Crippen MR) is 222 cm³/mol. The van der Waals surface area contributed by atoms with E-state index in [1.54, 1.807) is 6.08 Å². The van der Waals surface area contributed by atoms with Crippen LogP contribution < -0.4 is 9.80 Å². The van der Waals surface area contributed by atoms with Gasteiger partial charge in [0.05, 0.1) is 6.04 Å². The van der Waals surface area contributed by atoms with Gasteiger partial charge in [0.25, 0.3) is 0 Å². The number of fused-ring (bicyclic) bond motifs is 6. The third-order valence-corrected chi connectivity index (χ3v) is 10.3. The van der Waals surface area contributed by atoms with E-state index in [1.807, 2.05) is 12.2 Å². The van der Waals surface area contributed by atoms with Crippen molar-refractivity contribution in [2.24, 2.45) is 5.92 Å². The first-order valence-corrected chi connectivity index (χ1v) is 18.2. The van der Waals surface area contributed by atoms with Crippen molar-refractivity contribution in [2.75, 3.05) is 9.80 Å². The third-order valence-electron chi connectivity index (χ3n) is 10.3. The molecule has 5 aromatic carbocycles. The molecule has 9 rings (SSSR count). The number of aromatic nitrogens is 1. The molecule has 0 amide bonds. The van der Waals surface area contributed by atoms with Gasteiger partial charge in [0, 0.05) is 62.6 Å². The van der Waals surface area contributed by atoms with Gasteiger partial charge in [-0.15, -0.1) is 0 Å². The molecule has 254 valence electrons. The molecule has 0 saturated carbocycles. The number of hydrogen-bond donors (Lipinski definition) is 1. The molecule has 1 aromatic heterocycles. The van der Waals surface area contributed by atoms with Crippen molar-refractivity contribution in [1.29, 1.82) is 0 Å². The Kier molecular flexibility index (Phi) is 9.41. The van der Waals surface area contributed by atoms with E-state index in [9.17, 15) is 0 Å². The zero-order chi connectivity index (χ0) is 35.3. The highest BCUT2D eigenvalue weighted by Crippen LogP contribution is 2.47. The number of anilines is 3. The third kappa shape index (κ3) is 6.50. The van der Waals surface area contributed by atoms with Gasteiger partial charge >= 0.3 is 0 Å². The molecular formula is C49H43N3. The first kappa shape index (κ1) is 32.9. The highest BCUT2D eigenvalue weighted by atomic mass is 15.2. The average Bonchev–Trinajstić information content (AvgIpc) is 3.74. The molecule has 3 heteroatoms. The minimum absolute atomic E-state index is 0.297. The standard InChI is InChI=1S/C37H34N2.C12H9N/c1-3-4-5-14-25-38-36-20-13-12-19-33(36)34-27-30(22-24-37(34)38)29-21-23-35(28(2)26-29)39(31-15-8-6-9-16-31)32-17-10-7-11-18-32;1-3-7-11-9(5-1)10-6-2-4-8-12(10)13-11/h3-25,27,29,34,37H,1,26H2,2H3;1-8,13H/b5-4-,25-14-;. The van der Waals surface area contributed by atoms with Gasteiger partial charge in [0.1, 0.15) is 0 Å². The lowest BCUT2D eigenvalue weighted by atomic mass is 9.80. The van der Waals surface area contributed by atoms with Crippen molar-refractivity contribution in [3.63, 3.8) is 0 Å². The predicted octanol–water partition coefficient (Wildman–Crippen LogP) is 12.7. The Labute approximate surface area is 307 Å². The monoisotopic (exact) mass is 673 g/mol. The van der Waals surface area contributed by atoms with E-state index in [2.05, 4.69) is 204 Å². The second kappa shape index (κ2) is 14.9. The largest absolute Gasteiger partial charge is 0.355 e. The number of para-hydroxylation sites is 5. The summed E-state index contributed by atoms with van der Waals surface area (Å²) in [6.07, 6.45) is 23.1. The van der Waals surface area contributed by atoms with Crippen LogP contribution in [-0.4, -0.2) is 11.0 Å². The lowest BCUT2D eigenvalue weighted by molar-refractivity contribution is 0.686. The first-order valence-electron chi connectivity index (χ1n) is 18.2. The molecule has 3 unspecified atom stereocenters. The molecule has 0 saturated heterocycles. The number of H-pyrrole nitrogens is 1. The van der Waals surface area contributed by atoms with Gasteiger partial charge < -0.3 is 14.8 Å². The summed E-state index contributed by atoms with van der Waals surface area (Å²) in [5.41, 5.74) is 11.5. The lowest BCUT2D eigenvalue weighted by Gasteiger charge is -2.33. The maximum Gasteiger partial charge on any atom is 0.0623 e. The molecule has 0 fully saturated rings. The fourth-order valence-corrected chi connectivity index (χ4v) is 7.83. The number of rotatable bonds is 7. The summed E-state index contributed by atoms with van der Waals surface area (Å²) in [5.74, 6) is 0.713. The van der Waals surface area contributed by atoms with Crippen LogP contribution in [0, 0.1) is 5.92 Å². The molecule has 2 aliphatic carbocycles. The second-order valence-corrected chi connectivity index (χ2v) is 13.5. The normalized spacial score (nSPS) is 19.1. The topological polar surface area (TPSA) is 22.3 Å². The number of hydrogen-bond acceptors (Lipinski definition) is 2. The summed E-state index contributed by atoms with van der Waals surface area (Å²) in [4.78, 5) is 8.15. The number of benzene rings is 5. The zero-order valence-corrected chi connectivity index (χ0v) is 29.5. The van der Waals surface area contributed by atoms with Crippen molar-refractivity contribution in [3.05, 3.63) is 223 Å². The number of nitrogens with one attached hydrogen (secondary N) is 1. The summed E-state index contributed by atoms with van der Waals surface area (Å²) >= 11 is 0. The molecule has 3 atom stereocenters.